The summed E-state index contributed by atoms with van der Waals surface area (Å²) in [6.45, 7) is 0.253. The summed E-state index contributed by atoms with van der Waals surface area (Å²) in [6, 6.07) is 19.4. The summed E-state index contributed by atoms with van der Waals surface area (Å²) >= 11 is 0. The van der Waals surface area contributed by atoms with E-state index in [0.717, 1.165) is 29.7 Å². The van der Waals surface area contributed by atoms with Crippen molar-refractivity contribution < 1.29 is 14.3 Å². The lowest BCUT2D eigenvalue weighted by Gasteiger charge is -2.16. The smallest absolute Gasteiger partial charge is 0.317 e. The summed E-state index contributed by atoms with van der Waals surface area (Å²) in [5.41, 5.74) is 2.29. The number of nitrogens with zero attached hydrogens (tertiary/aromatic N) is 2. The molecule has 1 heterocycles. The maximum Gasteiger partial charge on any atom is 0.317 e. The van der Waals surface area contributed by atoms with E-state index in [1.807, 2.05) is 60.7 Å². The van der Waals surface area contributed by atoms with E-state index in [2.05, 4.69) is 5.10 Å². The lowest BCUT2D eigenvalue weighted by atomic mass is 9.96. The minimum absolute atomic E-state index is 0.265. The first-order valence-electron chi connectivity index (χ1n) is 8.85. The molecule has 0 spiro atoms. The highest BCUT2D eigenvalue weighted by Crippen LogP contribution is 2.49. The summed E-state index contributed by atoms with van der Waals surface area (Å²) in [7, 11) is 0. The van der Waals surface area contributed by atoms with Crippen LogP contribution in [0, 0.1) is 0 Å². The summed E-state index contributed by atoms with van der Waals surface area (Å²) in [5, 5.41) is 5.78. The van der Waals surface area contributed by atoms with Crippen LogP contribution in [0.5, 0.6) is 0 Å². The number of carbonyl (C=O) groups is 2. The third-order valence-corrected chi connectivity index (χ3v) is 4.99. The maximum atomic E-state index is 12.5. The van der Waals surface area contributed by atoms with Crippen molar-refractivity contribution in [3.05, 3.63) is 71.8 Å². The Morgan fingerprint density at radius 2 is 1.65 bits per heavy atom. The molecular weight excluding hydrogens is 328 g/mol. The number of hydrazone groups is 1. The second kappa shape index (κ2) is 6.75. The molecule has 2 aliphatic rings. The van der Waals surface area contributed by atoms with Gasteiger partial charge >= 0.3 is 5.97 Å². The predicted molar refractivity (Wildman–Crippen MR) is 97.6 cm³/mol. The average Bonchev–Trinajstić information content (AvgIpc) is 3.37. The highest BCUT2D eigenvalue weighted by atomic mass is 16.5. The number of carbonyl (C=O) groups excluding carboxylic acids is 2. The van der Waals surface area contributed by atoms with Crippen LogP contribution in [0.4, 0.5) is 0 Å². The van der Waals surface area contributed by atoms with Gasteiger partial charge in [-0.2, -0.15) is 5.10 Å². The zero-order chi connectivity index (χ0) is 18.0. The lowest BCUT2D eigenvalue weighted by molar-refractivity contribution is -0.154. The van der Waals surface area contributed by atoms with Crippen molar-refractivity contribution in [1.82, 2.24) is 5.01 Å². The van der Waals surface area contributed by atoms with Gasteiger partial charge in [-0.1, -0.05) is 60.7 Å². The minimum Gasteiger partial charge on any atom is -0.455 e. The molecule has 0 unspecified atom stereocenters. The van der Waals surface area contributed by atoms with Gasteiger partial charge in [0.15, 0.2) is 6.61 Å². The molecule has 5 heteroatoms. The van der Waals surface area contributed by atoms with Crippen molar-refractivity contribution >= 4 is 17.6 Å². The third-order valence-electron chi connectivity index (χ3n) is 4.99. The van der Waals surface area contributed by atoms with Gasteiger partial charge in [-0.25, -0.2) is 5.01 Å². The van der Waals surface area contributed by atoms with Gasteiger partial charge in [-0.3, -0.25) is 9.59 Å². The SMILES string of the molecule is O=C(COC(=O)C1(c2ccccc2)CC1)N1CCC(c2ccccc2)=N1. The second-order valence-electron chi connectivity index (χ2n) is 6.70. The van der Waals surface area contributed by atoms with E-state index in [0.29, 0.717) is 13.0 Å². The molecule has 1 aliphatic heterocycles. The molecule has 1 saturated carbocycles. The molecule has 0 N–H and O–H groups in total. The molecule has 1 aliphatic carbocycles. The summed E-state index contributed by atoms with van der Waals surface area (Å²) in [6.07, 6.45) is 2.24. The van der Waals surface area contributed by atoms with Crippen molar-refractivity contribution in [3.8, 4) is 0 Å². The number of rotatable bonds is 5. The average molecular weight is 348 g/mol. The van der Waals surface area contributed by atoms with Gasteiger partial charge in [0, 0.05) is 6.42 Å². The van der Waals surface area contributed by atoms with Crippen LogP contribution < -0.4 is 0 Å². The van der Waals surface area contributed by atoms with Crippen LogP contribution in [0.1, 0.15) is 30.4 Å². The first-order valence-corrected chi connectivity index (χ1v) is 8.85. The molecule has 0 saturated heterocycles. The molecule has 0 aromatic heterocycles. The molecule has 2 aromatic rings. The molecule has 2 aromatic carbocycles. The van der Waals surface area contributed by atoms with E-state index in [-0.39, 0.29) is 18.5 Å². The van der Waals surface area contributed by atoms with Gasteiger partial charge in [0.05, 0.1) is 17.7 Å². The Balaban J connectivity index is 1.36. The number of ether oxygens (including phenoxy) is 1. The molecular formula is C21H20N2O3. The van der Waals surface area contributed by atoms with Crippen LogP contribution in [-0.2, 0) is 19.7 Å². The zero-order valence-corrected chi connectivity index (χ0v) is 14.4. The molecule has 0 radical (unpaired) electrons. The molecule has 0 bridgehead atoms. The van der Waals surface area contributed by atoms with Crippen molar-refractivity contribution in [2.75, 3.05) is 13.2 Å². The van der Waals surface area contributed by atoms with Gasteiger partial charge in [0.25, 0.3) is 5.91 Å². The third kappa shape index (κ3) is 3.12. The van der Waals surface area contributed by atoms with E-state index in [4.69, 9.17) is 4.74 Å². The summed E-state index contributed by atoms with van der Waals surface area (Å²) in [5.74, 6) is -0.600. The van der Waals surface area contributed by atoms with E-state index in [9.17, 15) is 9.59 Å². The first-order chi connectivity index (χ1) is 12.7. The van der Waals surface area contributed by atoms with E-state index < -0.39 is 5.41 Å². The molecule has 26 heavy (non-hydrogen) atoms. The standard InChI is InChI=1S/C21H20N2O3/c24-19(23-14-11-18(22-23)16-7-3-1-4-8-16)15-26-20(25)21(12-13-21)17-9-5-2-6-10-17/h1-10H,11-15H2. The molecule has 4 rings (SSSR count). The Morgan fingerprint density at radius 1 is 1.00 bits per heavy atom. The van der Waals surface area contributed by atoms with Crippen molar-refractivity contribution in [2.45, 2.75) is 24.7 Å². The zero-order valence-electron chi connectivity index (χ0n) is 14.4. The Bertz CT molecular complexity index is 842. The normalized spacial score (nSPS) is 17.5. The van der Waals surface area contributed by atoms with Gasteiger partial charge in [0.2, 0.25) is 0 Å². The Labute approximate surface area is 152 Å². The van der Waals surface area contributed by atoms with Gasteiger partial charge in [0.1, 0.15) is 0 Å². The van der Waals surface area contributed by atoms with Crippen LogP contribution in [0.3, 0.4) is 0 Å². The lowest BCUT2D eigenvalue weighted by Crippen LogP contribution is -2.32. The molecule has 1 fully saturated rings. The van der Waals surface area contributed by atoms with Gasteiger partial charge < -0.3 is 4.74 Å². The molecule has 132 valence electrons. The van der Waals surface area contributed by atoms with Crippen molar-refractivity contribution in [1.29, 1.82) is 0 Å². The maximum absolute atomic E-state index is 12.5. The van der Waals surface area contributed by atoms with Crippen LogP contribution in [0.2, 0.25) is 0 Å². The van der Waals surface area contributed by atoms with Crippen LogP contribution in [-0.4, -0.2) is 35.7 Å². The van der Waals surface area contributed by atoms with E-state index >= 15 is 0 Å². The van der Waals surface area contributed by atoms with Crippen LogP contribution >= 0.6 is 0 Å². The van der Waals surface area contributed by atoms with Crippen molar-refractivity contribution in [2.24, 2.45) is 5.10 Å². The van der Waals surface area contributed by atoms with E-state index in [1.165, 1.54) is 5.01 Å². The Kier molecular flexibility index (Phi) is 4.29. The number of hydrogen-bond donors (Lipinski definition) is 0. The fourth-order valence-corrected chi connectivity index (χ4v) is 3.30. The monoisotopic (exact) mass is 348 g/mol. The number of benzene rings is 2. The van der Waals surface area contributed by atoms with Crippen molar-refractivity contribution in [3.63, 3.8) is 0 Å². The minimum atomic E-state index is -0.564. The van der Waals surface area contributed by atoms with Crippen LogP contribution in [0.25, 0.3) is 0 Å². The predicted octanol–water partition coefficient (Wildman–Crippen LogP) is 2.90. The largest absolute Gasteiger partial charge is 0.455 e. The van der Waals surface area contributed by atoms with Crippen LogP contribution in [0.15, 0.2) is 65.8 Å². The summed E-state index contributed by atoms with van der Waals surface area (Å²) < 4.78 is 5.34. The second-order valence-corrected chi connectivity index (χ2v) is 6.70. The summed E-state index contributed by atoms with van der Waals surface area (Å²) in [4.78, 5) is 24.9. The molecule has 1 amide bonds. The van der Waals surface area contributed by atoms with Gasteiger partial charge in [-0.15, -0.1) is 0 Å². The number of hydrogen-bond acceptors (Lipinski definition) is 4. The number of amides is 1. The Morgan fingerprint density at radius 3 is 2.31 bits per heavy atom. The molecule has 0 atom stereocenters. The van der Waals surface area contributed by atoms with E-state index in [1.54, 1.807) is 0 Å². The number of esters is 1. The first kappa shape index (κ1) is 16.5. The highest BCUT2D eigenvalue weighted by Gasteiger charge is 2.52. The fourth-order valence-electron chi connectivity index (χ4n) is 3.30. The quantitative estimate of drug-likeness (QED) is 0.781. The Hall–Kier alpha value is -2.95. The fraction of sp³-hybridized carbons (Fsp3) is 0.286. The highest BCUT2D eigenvalue weighted by molar-refractivity contribution is 6.02. The molecule has 5 nitrogen and oxygen atoms in total. The topological polar surface area (TPSA) is 59.0 Å². The van der Waals surface area contributed by atoms with Gasteiger partial charge in [-0.05, 0) is 24.0 Å².